The second-order valence-electron chi connectivity index (χ2n) is 7.67. The lowest BCUT2D eigenvalue weighted by molar-refractivity contribution is 0.156. The first-order valence-corrected chi connectivity index (χ1v) is 9.41. The number of aryl methyl sites for hydroxylation is 1. The third-order valence-corrected chi connectivity index (χ3v) is 5.38. The summed E-state index contributed by atoms with van der Waals surface area (Å²) in [6.07, 6.45) is 2.40. The van der Waals surface area contributed by atoms with Gasteiger partial charge in [-0.25, -0.2) is 4.99 Å². The lowest BCUT2D eigenvalue weighted by atomic mass is 9.87. The molecule has 2 saturated heterocycles. The van der Waals surface area contributed by atoms with E-state index in [4.69, 9.17) is 9.73 Å². The minimum absolute atomic E-state index is 0. The summed E-state index contributed by atoms with van der Waals surface area (Å²) in [6, 6.07) is 6.61. The Hall–Kier alpha value is -1.02. The van der Waals surface area contributed by atoms with Crippen LogP contribution in [0.2, 0.25) is 0 Å². The molecule has 1 unspecified atom stereocenters. The average molecular weight is 472 g/mol. The van der Waals surface area contributed by atoms with Crippen molar-refractivity contribution in [3.05, 3.63) is 29.3 Å². The van der Waals surface area contributed by atoms with Gasteiger partial charge in [-0.15, -0.1) is 24.0 Å². The highest BCUT2D eigenvalue weighted by molar-refractivity contribution is 14.0. The first-order chi connectivity index (χ1) is 12.0. The van der Waals surface area contributed by atoms with Crippen molar-refractivity contribution in [2.45, 2.75) is 33.2 Å². The molecule has 1 spiro atoms. The van der Waals surface area contributed by atoms with Crippen molar-refractivity contribution in [1.29, 1.82) is 0 Å². The third-order valence-electron chi connectivity index (χ3n) is 5.38. The van der Waals surface area contributed by atoms with Crippen molar-refractivity contribution >= 4 is 35.6 Å². The van der Waals surface area contributed by atoms with E-state index in [1.54, 1.807) is 0 Å². The number of aliphatic imine (C=N–C) groups is 1. The predicted octanol–water partition coefficient (Wildman–Crippen LogP) is 3.26. The number of nitrogens with one attached hydrogen (secondary N) is 1. The van der Waals surface area contributed by atoms with E-state index in [0.29, 0.717) is 12.0 Å². The Kier molecular flexibility index (Phi) is 7.58. The molecule has 0 aliphatic carbocycles. The van der Waals surface area contributed by atoms with Crippen molar-refractivity contribution in [3.8, 4) is 0 Å². The Morgan fingerprint density at radius 2 is 2.15 bits per heavy atom. The van der Waals surface area contributed by atoms with E-state index in [1.165, 1.54) is 29.7 Å². The Bertz CT molecular complexity index is 626. The standard InChI is InChI=1S/C20H32N4O.HI/c1-5-21-19(24-10-8-20(14-24)9-11-25-15-20)22-13-17-7-6-16(2)12-18(17)23(3)4;/h6-7,12H,5,8-11,13-15H2,1-4H3,(H,21,22);1H. The van der Waals surface area contributed by atoms with Crippen LogP contribution in [0.3, 0.4) is 0 Å². The number of rotatable bonds is 4. The number of nitrogens with zero attached hydrogens (tertiary/aromatic N) is 3. The Balaban J connectivity index is 0.00000243. The van der Waals surface area contributed by atoms with Crippen LogP contribution in [0.5, 0.6) is 0 Å². The van der Waals surface area contributed by atoms with Crippen molar-refractivity contribution in [2.24, 2.45) is 10.4 Å². The molecular formula is C20H33IN4O. The van der Waals surface area contributed by atoms with E-state index in [-0.39, 0.29) is 24.0 Å². The van der Waals surface area contributed by atoms with Gasteiger partial charge in [0.05, 0.1) is 13.2 Å². The van der Waals surface area contributed by atoms with Crippen LogP contribution in [0.4, 0.5) is 5.69 Å². The van der Waals surface area contributed by atoms with E-state index in [0.717, 1.165) is 38.8 Å². The van der Waals surface area contributed by atoms with E-state index >= 15 is 0 Å². The van der Waals surface area contributed by atoms with Crippen LogP contribution in [0, 0.1) is 12.3 Å². The van der Waals surface area contributed by atoms with E-state index < -0.39 is 0 Å². The minimum Gasteiger partial charge on any atom is -0.381 e. The molecule has 26 heavy (non-hydrogen) atoms. The number of halogens is 1. The SMILES string of the molecule is CCNC(=NCc1ccc(C)cc1N(C)C)N1CCC2(CCOC2)C1.I. The van der Waals surface area contributed by atoms with Gasteiger partial charge in [0.25, 0.3) is 0 Å². The quantitative estimate of drug-likeness (QED) is 0.415. The summed E-state index contributed by atoms with van der Waals surface area (Å²) in [7, 11) is 4.19. The molecule has 1 N–H and O–H groups in total. The zero-order valence-electron chi connectivity index (χ0n) is 16.5. The van der Waals surface area contributed by atoms with Gasteiger partial charge in [0, 0.05) is 51.4 Å². The van der Waals surface area contributed by atoms with Gasteiger partial charge in [-0.2, -0.15) is 0 Å². The van der Waals surface area contributed by atoms with Gasteiger partial charge in [-0.1, -0.05) is 12.1 Å². The molecule has 2 fully saturated rings. The van der Waals surface area contributed by atoms with Gasteiger partial charge in [0.1, 0.15) is 0 Å². The number of guanidine groups is 1. The zero-order valence-corrected chi connectivity index (χ0v) is 18.9. The fraction of sp³-hybridized carbons (Fsp3) is 0.650. The van der Waals surface area contributed by atoms with Gasteiger partial charge in [-0.05, 0) is 43.9 Å². The maximum atomic E-state index is 5.66. The number of ether oxygens (including phenoxy) is 1. The van der Waals surface area contributed by atoms with Crippen LogP contribution in [-0.2, 0) is 11.3 Å². The highest BCUT2D eigenvalue weighted by Crippen LogP contribution is 2.38. The summed E-state index contributed by atoms with van der Waals surface area (Å²) >= 11 is 0. The molecule has 2 heterocycles. The van der Waals surface area contributed by atoms with Crippen LogP contribution >= 0.6 is 24.0 Å². The van der Waals surface area contributed by atoms with Gasteiger partial charge in [0.2, 0.25) is 0 Å². The Morgan fingerprint density at radius 1 is 1.35 bits per heavy atom. The fourth-order valence-electron chi connectivity index (χ4n) is 3.90. The summed E-state index contributed by atoms with van der Waals surface area (Å²) in [5.74, 6) is 1.04. The largest absolute Gasteiger partial charge is 0.381 e. The molecule has 2 aliphatic heterocycles. The van der Waals surface area contributed by atoms with Gasteiger partial charge in [-0.3, -0.25) is 0 Å². The molecule has 0 bridgehead atoms. The summed E-state index contributed by atoms with van der Waals surface area (Å²) in [5, 5.41) is 3.48. The predicted molar refractivity (Wildman–Crippen MR) is 120 cm³/mol. The number of hydrogen-bond acceptors (Lipinski definition) is 3. The van der Waals surface area contributed by atoms with Crippen LogP contribution < -0.4 is 10.2 Å². The second-order valence-corrected chi connectivity index (χ2v) is 7.67. The summed E-state index contributed by atoms with van der Waals surface area (Å²) in [4.78, 5) is 9.55. The summed E-state index contributed by atoms with van der Waals surface area (Å²) in [5.41, 5.74) is 4.16. The summed E-state index contributed by atoms with van der Waals surface area (Å²) in [6.45, 7) is 9.83. The van der Waals surface area contributed by atoms with Gasteiger partial charge < -0.3 is 19.9 Å². The molecule has 0 aromatic heterocycles. The number of anilines is 1. The van der Waals surface area contributed by atoms with Gasteiger partial charge in [0.15, 0.2) is 5.96 Å². The highest BCUT2D eigenvalue weighted by Gasteiger charge is 2.42. The number of likely N-dealkylation sites (tertiary alicyclic amines) is 1. The van der Waals surface area contributed by atoms with Crippen molar-refractivity contribution in [2.75, 3.05) is 51.8 Å². The maximum absolute atomic E-state index is 5.66. The third kappa shape index (κ3) is 4.82. The molecule has 146 valence electrons. The minimum atomic E-state index is 0. The molecule has 0 radical (unpaired) electrons. The van der Waals surface area contributed by atoms with Gasteiger partial charge >= 0.3 is 0 Å². The smallest absolute Gasteiger partial charge is 0.194 e. The Morgan fingerprint density at radius 3 is 2.81 bits per heavy atom. The highest BCUT2D eigenvalue weighted by atomic mass is 127. The number of benzene rings is 1. The van der Waals surface area contributed by atoms with Crippen LogP contribution in [0.1, 0.15) is 30.9 Å². The van der Waals surface area contributed by atoms with Crippen molar-refractivity contribution < 1.29 is 4.74 Å². The first-order valence-electron chi connectivity index (χ1n) is 9.41. The molecular weight excluding hydrogens is 439 g/mol. The second kappa shape index (κ2) is 9.26. The van der Waals surface area contributed by atoms with E-state index in [9.17, 15) is 0 Å². The molecule has 3 rings (SSSR count). The van der Waals surface area contributed by atoms with E-state index in [2.05, 4.69) is 61.3 Å². The molecule has 5 nitrogen and oxygen atoms in total. The first kappa shape index (κ1) is 21.3. The van der Waals surface area contributed by atoms with E-state index in [1.807, 2.05) is 0 Å². The number of hydrogen-bond donors (Lipinski definition) is 1. The monoisotopic (exact) mass is 472 g/mol. The molecule has 1 aromatic carbocycles. The maximum Gasteiger partial charge on any atom is 0.194 e. The normalized spacial score (nSPS) is 22.6. The molecule has 2 aliphatic rings. The molecule has 0 amide bonds. The van der Waals surface area contributed by atoms with Crippen molar-refractivity contribution in [1.82, 2.24) is 10.2 Å². The Labute approximate surface area is 175 Å². The van der Waals surface area contributed by atoms with Crippen LogP contribution in [-0.4, -0.2) is 57.8 Å². The fourth-order valence-corrected chi connectivity index (χ4v) is 3.90. The molecule has 1 atom stereocenters. The zero-order chi connectivity index (χ0) is 17.9. The molecule has 1 aromatic rings. The topological polar surface area (TPSA) is 40.1 Å². The average Bonchev–Trinajstić information content (AvgIpc) is 3.22. The lowest BCUT2D eigenvalue weighted by Gasteiger charge is -2.25. The van der Waals surface area contributed by atoms with Crippen molar-refractivity contribution in [3.63, 3.8) is 0 Å². The van der Waals surface area contributed by atoms with Crippen LogP contribution in [0.15, 0.2) is 23.2 Å². The molecule has 6 heteroatoms. The summed E-state index contributed by atoms with van der Waals surface area (Å²) < 4.78 is 5.66. The van der Waals surface area contributed by atoms with Crippen LogP contribution in [0.25, 0.3) is 0 Å². The molecule has 0 saturated carbocycles. The lowest BCUT2D eigenvalue weighted by Crippen LogP contribution is -2.41.